The van der Waals surface area contributed by atoms with Gasteiger partial charge < -0.3 is 10.2 Å². The van der Waals surface area contributed by atoms with Crippen molar-refractivity contribution in [3.63, 3.8) is 0 Å². The third-order valence-electron chi connectivity index (χ3n) is 4.86. The molecule has 2 aliphatic heterocycles. The van der Waals surface area contributed by atoms with Gasteiger partial charge in [0.15, 0.2) is 0 Å². The zero-order chi connectivity index (χ0) is 14.1. The van der Waals surface area contributed by atoms with Crippen LogP contribution in [0.5, 0.6) is 0 Å². The number of hydrogen-bond donors (Lipinski definition) is 1. The van der Waals surface area contributed by atoms with Gasteiger partial charge in [-0.3, -0.25) is 0 Å². The van der Waals surface area contributed by atoms with Crippen LogP contribution in [-0.4, -0.2) is 30.1 Å². The van der Waals surface area contributed by atoms with E-state index in [1.54, 1.807) is 6.07 Å². The van der Waals surface area contributed by atoms with Gasteiger partial charge in [-0.1, -0.05) is 29.6 Å². The number of nitrogens with one attached hydrogen (secondary N) is 1. The first-order chi connectivity index (χ1) is 9.61. The molecule has 2 aliphatic rings. The Hall–Kier alpha value is -0.280. The highest BCUT2D eigenvalue weighted by atomic mass is 35.5. The molecule has 1 N–H and O–H groups in total. The van der Waals surface area contributed by atoms with Gasteiger partial charge in [0.2, 0.25) is 0 Å². The second-order valence-electron chi connectivity index (χ2n) is 6.23. The van der Waals surface area contributed by atoms with Gasteiger partial charge in [-0.05, 0) is 56.5 Å². The van der Waals surface area contributed by atoms with Gasteiger partial charge in [0.05, 0.1) is 0 Å². The van der Waals surface area contributed by atoms with Crippen molar-refractivity contribution in [2.75, 3.05) is 7.05 Å². The molecule has 1 aromatic carbocycles. The number of fused-ring (bicyclic) bond motifs is 2. The van der Waals surface area contributed by atoms with Crippen molar-refractivity contribution >= 4 is 23.2 Å². The van der Waals surface area contributed by atoms with Crippen molar-refractivity contribution in [3.05, 3.63) is 33.8 Å². The van der Waals surface area contributed by atoms with E-state index in [-0.39, 0.29) is 0 Å². The lowest BCUT2D eigenvalue weighted by Crippen LogP contribution is -2.54. The molecule has 20 heavy (non-hydrogen) atoms. The molecular weight excluding hydrogens is 291 g/mol. The van der Waals surface area contributed by atoms with Crippen LogP contribution in [0.1, 0.15) is 37.7 Å². The molecule has 2 saturated heterocycles. The summed E-state index contributed by atoms with van der Waals surface area (Å²) in [5.74, 6) is 0. The Labute approximate surface area is 131 Å². The van der Waals surface area contributed by atoms with E-state index in [1.165, 1.54) is 37.7 Å². The number of rotatable bonds is 3. The van der Waals surface area contributed by atoms with Gasteiger partial charge in [-0.25, -0.2) is 0 Å². The standard InChI is InChI=1S/C16H22Cl2N2/c1-20-15-3-2-4-16(20)9-14(8-15)19-10-11-5-12(17)7-13(18)6-11/h5-7,14-16,19H,2-4,8-10H2,1H3. The molecule has 2 atom stereocenters. The minimum absolute atomic E-state index is 0.624. The van der Waals surface area contributed by atoms with Crippen LogP contribution in [0.25, 0.3) is 0 Å². The average Bonchev–Trinajstić information content (AvgIpc) is 2.35. The Bertz CT molecular complexity index is 443. The maximum atomic E-state index is 6.05. The van der Waals surface area contributed by atoms with Crippen molar-refractivity contribution in [2.45, 2.75) is 56.8 Å². The fraction of sp³-hybridized carbons (Fsp3) is 0.625. The lowest BCUT2D eigenvalue weighted by molar-refractivity contribution is 0.0482. The number of piperidine rings is 2. The minimum atomic E-state index is 0.624. The zero-order valence-corrected chi connectivity index (χ0v) is 13.4. The maximum Gasteiger partial charge on any atom is 0.0424 e. The Morgan fingerprint density at radius 1 is 1.10 bits per heavy atom. The van der Waals surface area contributed by atoms with E-state index >= 15 is 0 Å². The summed E-state index contributed by atoms with van der Waals surface area (Å²) in [7, 11) is 2.29. The van der Waals surface area contributed by atoms with E-state index in [2.05, 4.69) is 17.3 Å². The highest BCUT2D eigenvalue weighted by molar-refractivity contribution is 6.34. The molecule has 0 aliphatic carbocycles. The molecule has 0 radical (unpaired) electrons. The number of hydrogen-bond acceptors (Lipinski definition) is 2. The summed E-state index contributed by atoms with van der Waals surface area (Å²) in [4.78, 5) is 2.60. The van der Waals surface area contributed by atoms with Crippen LogP contribution < -0.4 is 5.32 Å². The van der Waals surface area contributed by atoms with Gasteiger partial charge in [-0.2, -0.15) is 0 Å². The second kappa shape index (κ2) is 6.23. The second-order valence-corrected chi connectivity index (χ2v) is 7.10. The molecule has 2 heterocycles. The third kappa shape index (κ3) is 3.30. The molecule has 2 bridgehead atoms. The van der Waals surface area contributed by atoms with Crippen LogP contribution in [0.3, 0.4) is 0 Å². The van der Waals surface area contributed by atoms with Crippen LogP contribution in [-0.2, 0) is 6.54 Å². The van der Waals surface area contributed by atoms with Gasteiger partial charge in [0.25, 0.3) is 0 Å². The van der Waals surface area contributed by atoms with Crippen LogP contribution in [0.2, 0.25) is 10.0 Å². The first kappa shape index (κ1) is 14.6. The predicted molar refractivity (Wildman–Crippen MR) is 85.5 cm³/mol. The molecule has 1 aromatic rings. The Morgan fingerprint density at radius 2 is 1.70 bits per heavy atom. The summed E-state index contributed by atoms with van der Waals surface area (Å²) in [5.41, 5.74) is 1.17. The lowest BCUT2D eigenvalue weighted by atomic mass is 9.82. The van der Waals surface area contributed by atoms with E-state index < -0.39 is 0 Å². The first-order valence-electron chi connectivity index (χ1n) is 7.52. The van der Waals surface area contributed by atoms with Gasteiger partial charge in [0, 0.05) is 34.7 Å². The molecule has 2 unspecified atom stereocenters. The van der Waals surface area contributed by atoms with E-state index in [9.17, 15) is 0 Å². The van der Waals surface area contributed by atoms with Crippen LogP contribution in [0.4, 0.5) is 0 Å². The molecule has 0 aromatic heterocycles. The Morgan fingerprint density at radius 3 is 2.30 bits per heavy atom. The highest BCUT2D eigenvalue weighted by Gasteiger charge is 2.35. The van der Waals surface area contributed by atoms with E-state index in [0.717, 1.165) is 28.7 Å². The maximum absolute atomic E-state index is 6.05. The minimum Gasteiger partial charge on any atom is -0.310 e. The third-order valence-corrected chi connectivity index (χ3v) is 5.29. The molecule has 3 rings (SSSR count). The average molecular weight is 313 g/mol. The van der Waals surface area contributed by atoms with Gasteiger partial charge in [-0.15, -0.1) is 0 Å². The molecule has 0 spiro atoms. The van der Waals surface area contributed by atoms with Crippen molar-refractivity contribution in [1.29, 1.82) is 0 Å². The molecular formula is C16H22Cl2N2. The fourth-order valence-electron chi connectivity index (χ4n) is 3.76. The quantitative estimate of drug-likeness (QED) is 0.904. The van der Waals surface area contributed by atoms with Crippen LogP contribution >= 0.6 is 23.2 Å². The van der Waals surface area contributed by atoms with Crippen molar-refractivity contribution < 1.29 is 0 Å². The summed E-state index contributed by atoms with van der Waals surface area (Å²) in [6.45, 7) is 0.855. The topological polar surface area (TPSA) is 15.3 Å². The van der Waals surface area contributed by atoms with E-state index in [1.807, 2.05) is 12.1 Å². The smallest absolute Gasteiger partial charge is 0.0424 e. The summed E-state index contributed by atoms with van der Waals surface area (Å²) >= 11 is 12.1. The van der Waals surface area contributed by atoms with Crippen LogP contribution in [0, 0.1) is 0 Å². The molecule has 0 saturated carbocycles. The summed E-state index contributed by atoms with van der Waals surface area (Å²) in [6.07, 6.45) is 6.64. The lowest BCUT2D eigenvalue weighted by Gasteiger charge is -2.47. The summed E-state index contributed by atoms with van der Waals surface area (Å²) in [5, 5.41) is 5.13. The molecule has 2 fully saturated rings. The predicted octanol–water partition coefficient (Wildman–Crippen LogP) is 4.10. The monoisotopic (exact) mass is 312 g/mol. The molecule has 2 nitrogen and oxygen atoms in total. The van der Waals surface area contributed by atoms with Crippen molar-refractivity contribution in [1.82, 2.24) is 10.2 Å². The zero-order valence-electron chi connectivity index (χ0n) is 11.9. The normalized spacial score (nSPS) is 30.4. The van der Waals surface area contributed by atoms with Gasteiger partial charge >= 0.3 is 0 Å². The number of nitrogens with zero attached hydrogens (tertiary/aromatic N) is 1. The summed E-state index contributed by atoms with van der Waals surface area (Å²) in [6, 6.07) is 7.93. The number of benzene rings is 1. The largest absolute Gasteiger partial charge is 0.310 e. The van der Waals surface area contributed by atoms with E-state index in [0.29, 0.717) is 6.04 Å². The van der Waals surface area contributed by atoms with E-state index in [4.69, 9.17) is 23.2 Å². The first-order valence-corrected chi connectivity index (χ1v) is 8.27. The van der Waals surface area contributed by atoms with Crippen molar-refractivity contribution in [2.24, 2.45) is 0 Å². The summed E-state index contributed by atoms with van der Waals surface area (Å²) < 4.78 is 0. The molecule has 4 heteroatoms. The Kier molecular flexibility index (Phi) is 4.56. The highest BCUT2D eigenvalue weighted by Crippen LogP contribution is 2.32. The molecule has 0 amide bonds. The Balaban J connectivity index is 1.59. The fourth-order valence-corrected chi connectivity index (χ4v) is 4.33. The number of halogens is 2. The van der Waals surface area contributed by atoms with Crippen molar-refractivity contribution in [3.8, 4) is 0 Å². The molecule has 110 valence electrons. The van der Waals surface area contributed by atoms with Gasteiger partial charge in [0.1, 0.15) is 0 Å². The SMILES string of the molecule is CN1C2CCCC1CC(NCc1cc(Cl)cc(Cl)c1)C2. The van der Waals surface area contributed by atoms with Crippen LogP contribution in [0.15, 0.2) is 18.2 Å².